The number of carboxylic acid groups (broad SMARTS) is 1. The number of nitrogens with zero attached hydrogens (tertiary/aromatic N) is 3. The largest absolute Gasteiger partial charge is 0.481 e. The van der Waals surface area contributed by atoms with E-state index in [0.717, 1.165) is 17.2 Å². The molecular weight excluding hydrogens is 218 g/mol. The molecule has 2 aromatic rings. The van der Waals surface area contributed by atoms with Gasteiger partial charge in [-0.25, -0.2) is 4.98 Å². The molecule has 0 aliphatic heterocycles. The molecule has 2 heterocycles. The summed E-state index contributed by atoms with van der Waals surface area (Å²) in [6, 6.07) is 5.62. The van der Waals surface area contributed by atoms with Crippen LogP contribution in [0.3, 0.4) is 0 Å². The molecule has 0 aliphatic rings. The van der Waals surface area contributed by atoms with Gasteiger partial charge in [0.05, 0.1) is 12.1 Å². The van der Waals surface area contributed by atoms with Crippen LogP contribution in [0.1, 0.15) is 12.2 Å². The molecule has 5 nitrogen and oxygen atoms in total. The number of hydrogen-bond donors (Lipinski definition) is 1. The molecule has 2 rings (SSSR count). The van der Waals surface area contributed by atoms with E-state index in [2.05, 4.69) is 9.97 Å². The molecule has 0 bridgehead atoms. The van der Waals surface area contributed by atoms with Crippen molar-refractivity contribution in [1.29, 1.82) is 0 Å². The van der Waals surface area contributed by atoms with Crippen LogP contribution < -0.4 is 0 Å². The fraction of sp³-hybridized carbons (Fsp3) is 0.250. The van der Waals surface area contributed by atoms with Crippen LogP contribution in [0, 0.1) is 0 Å². The molecule has 0 radical (unpaired) electrons. The van der Waals surface area contributed by atoms with Gasteiger partial charge in [0.2, 0.25) is 0 Å². The maximum Gasteiger partial charge on any atom is 0.303 e. The minimum absolute atomic E-state index is 0.0898. The van der Waals surface area contributed by atoms with Crippen molar-refractivity contribution in [3.05, 3.63) is 36.4 Å². The SMILES string of the molecule is Cn1cc(-c2ccccn2)nc1CCC(=O)O. The van der Waals surface area contributed by atoms with Crippen molar-refractivity contribution in [3.63, 3.8) is 0 Å². The van der Waals surface area contributed by atoms with E-state index in [-0.39, 0.29) is 6.42 Å². The lowest BCUT2D eigenvalue weighted by molar-refractivity contribution is -0.137. The van der Waals surface area contributed by atoms with Gasteiger partial charge >= 0.3 is 5.97 Å². The number of rotatable bonds is 4. The molecular formula is C12H13N3O2. The molecule has 2 aromatic heterocycles. The van der Waals surface area contributed by atoms with Crippen molar-refractivity contribution in [2.24, 2.45) is 7.05 Å². The van der Waals surface area contributed by atoms with E-state index in [1.54, 1.807) is 6.20 Å². The smallest absolute Gasteiger partial charge is 0.303 e. The fourth-order valence-electron chi connectivity index (χ4n) is 1.59. The molecule has 0 fully saturated rings. The highest BCUT2D eigenvalue weighted by Gasteiger charge is 2.09. The Morgan fingerprint density at radius 1 is 1.41 bits per heavy atom. The van der Waals surface area contributed by atoms with Crippen molar-refractivity contribution < 1.29 is 9.90 Å². The van der Waals surface area contributed by atoms with Crippen LogP contribution in [0.4, 0.5) is 0 Å². The lowest BCUT2D eigenvalue weighted by Crippen LogP contribution is -2.02. The van der Waals surface area contributed by atoms with E-state index in [0.29, 0.717) is 6.42 Å². The molecule has 0 saturated heterocycles. The van der Waals surface area contributed by atoms with Gasteiger partial charge < -0.3 is 9.67 Å². The number of carbonyl (C=O) groups is 1. The maximum atomic E-state index is 10.5. The van der Waals surface area contributed by atoms with Gasteiger partial charge in [0, 0.05) is 25.9 Å². The van der Waals surface area contributed by atoms with Gasteiger partial charge in [0.15, 0.2) is 0 Å². The molecule has 17 heavy (non-hydrogen) atoms. The van der Waals surface area contributed by atoms with Gasteiger partial charge in [-0.1, -0.05) is 6.07 Å². The monoisotopic (exact) mass is 231 g/mol. The third-order valence-electron chi connectivity index (χ3n) is 2.46. The van der Waals surface area contributed by atoms with Crippen LogP contribution in [0.5, 0.6) is 0 Å². The number of aliphatic carboxylic acids is 1. The zero-order chi connectivity index (χ0) is 12.3. The fourth-order valence-corrected chi connectivity index (χ4v) is 1.59. The Morgan fingerprint density at radius 2 is 2.24 bits per heavy atom. The molecule has 0 aromatic carbocycles. The Balaban J connectivity index is 2.22. The Hall–Kier alpha value is -2.17. The summed E-state index contributed by atoms with van der Waals surface area (Å²) in [6.45, 7) is 0. The van der Waals surface area contributed by atoms with Gasteiger partial charge in [-0.2, -0.15) is 0 Å². The first-order valence-electron chi connectivity index (χ1n) is 5.32. The van der Waals surface area contributed by atoms with Crippen molar-refractivity contribution in [3.8, 4) is 11.4 Å². The van der Waals surface area contributed by atoms with E-state index in [1.165, 1.54) is 0 Å². The average Bonchev–Trinajstić information content (AvgIpc) is 2.69. The van der Waals surface area contributed by atoms with Crippen LogP contribution in [0.25, 0.3) is 11.4 Å². The highest BCUT2D eigenvalue weighted by Crippen LogP contribution is 2.15. The van der Waals surface area contributed by atoms with Crippen LogP contribution in [-0.4, -0.2) is 25.6 Å². The molecule has 88 valence electrons. The highest BCUT2D eigenvalue weighted by molar-refractivity contribution is 5.67. The molecule has 0 unspecified atom stereocenters. The molecule has 0 spiro atoms. The summed E-state index contributed by atoms with van der Waals surface area (Å²) >= 11 is 0. The summed E-state index contributed by atoms with van der Waals surface area (Å²) in [5.74, 6) is -0.0551. The van der Waals surface area contributed by atoms with Gasteiger partial charge in [-0.05, 0) is 12.1 Å². The van der Waals surface area contributed by atoms with Crippen LogP contribution in [0.15, 0.2) is 30.6 Å². The van der Waals surface area contributed by atoms with Gasteiger partial charge in [0.25, 0.3) is 0 Å². The van der Waals surface area contributed by atoms with E-state index in [4.69, 9.17) is 5.11 Å². The summed E-state index contributed by atoms with van der Waals surface area (Å²) in [6.07, 6.45) is 4.09. The lowest BCUT2D eigenvalue weighted by Gasteiger charge is -1.97. The number of aryl methyl sites for hydroxylation is 2. The summed E-state index contributed by atoms with van der Waals surface area (Å²) in [5.41, 5.74) is 1.57. The van der Waals surface area contributed by atoms with Crippen LogP contribution in [0.2, 0.25) is 0 Å². The molecule has 0 saturated carbocycles. The summed E-state index contributed by atoms with van der Waals surface area (Å²) < 4.78 is 1.84. The van der Waals surface area contributed by atoms with Crippen LogP contribution >= 0.6 is 0 Å². The maximum absolute atomic E-state index is 10.5. The Morgan fingerprint density at radius 3 is 2.88 bits per heavy atom. The molecule has 0 amide bonds. The standard InChI is InChI=1S/C12H13N3O2/c1-15-8-10(9-4-2-3-7-13-9)14-11(15)5-6-12(16)17/h2-4,7-8H,5-6H2,1H3,(H,16,17). The first kappa shape index (κ1) is 11.3. The van der Waals surface area contributed by atoms with Crippen LogP contribution in [-0.2, 0) is 18.3 Å². The third-order valence-corrected chi connectivity index (χ3v) is 2.46. The third kappa shape index (κ3) is 2.69. The van der Waals surface area contributed by atoms with E-state index >= 15 is 0 Å². The van der Waals surface area contributed by atoms with E-state index in [9.17, 15) is 4.79 Å². The van der Waals surface area contributed by atoms with Gasteiger partial charge in [0.1, 0.15) is 11.5 Å². The second-order valence-electron chi connectivity index (χ2n) is 3.76. The minimum Gasteiger partial charge on any atom is -0.481 e. The molecule has 5 heteroatoms. The topological polar surface area (TPSA) is 68.0 Å². The van der Waals surface area contributed by atoms with Crippen molar-refractivity contribution >= 4 is 5.97 Å². The predicted molar refractivity (Wildman–Crippen MR) is 62.4 cm³/mol. The highest BCUT2D eigenvalue weighted by atomic mass is 16.4. The van der Waals surface area contributed by atoms with Gasteiger partial charge in [-0.3, -0.25) is 9.78 Å². The van der Waals surface area contributed by atoms with Gasteiger partial charge in [-0.15, -0.1) is 0 Å². The first-order chi connectivity index (χ1) is 8.16. The molecule has 0 aliphatic carbocycles. The van der Waals surface area contributed by atoms with Crippen molar-refractivity contribution in [2.45, 2.75) is 12.8 Å². The number of carboxylic acids is 1. The Bertz CT molecular complexity index is 520. The zero-order valence-corrected chi connectivity index (χ0v) is 9.50. The predicted octanol–water partition coefficient (Wildman–Crippen LogP) is 1.50. The summed E-state index contributed by atoms with van der Waals surface area (Å²) in [5, 5.41) is 8.64. The quantitative estimate of drug-likeness (QED) is 0.865. The van der Waals surface area contributed by atoms with E-state index in [1.807, 2.05) is 36.0 Å². The van der Waals surface area contributed by atoms with Crippen molar-refractivity contribution in [1.82, 2.24) is 14.5 Å². The molecule has 1 N–H and O–H groups in total. The molecule has 0 atom stereocenters. The second kappa shape index (κ2) is 4.78. The normalized spacial score (nSPS) is 10.4. The Kier molecular flexibility index (Phi) is 3.18. The minimum atomic E-state index is -0.813. The number of aromatic nitrogens is 3. The Labute approximate surface area is 98.8 Å². The lowest BCUT2D eigenvalue weighted by atomic mass is 10.3. The number of imidazole rings is 1. The average molecular weight is 231 g/mol. The van der Waals surface area contributed by atoms with E-state index < -0.39 is 5.97 Å². The summed E-state index contributed by atoms with van der Waals surface area (Å²) in [4.78, 5) is 19.1. The van der Waals surface area contributed by atoms with Crippen molar-refractivity contribution in [2.75, 3.05) is 0 Å². The first-order valence-corrected chi connectivity index (χ1v) is 5.32. The number of pyridine rings is 1. The number of hydrogen-bond acceptors (Lipinski definition) is 3. The summed E-state index contributed by atoms with van der Waals surface area (Å²) in [7, 11) is 1.86. The second-order valence-corrected chi connectivity index (χ2v) is 3.76. The zero-order valence-electron chi connectivity index (χ0n) is 9.50.